The number of carbonyl (C=O) groups is 1. The first kappa shape index (κ1) is 12.1. The molecule has 0 fully saturated rings. The van der Waals surface area contributed by atoms with E-state index in [0.29, 0.717) is 6.54 Å². The summed E-state index contributed by atoms with van der Waals surface area (Å²) in [4.78, 5) is 13.9. The van der Waals surface area contributed by atoms with Gasteiger partial charge in [0.2, 0.25) is 0 Å². The predicted octanol–water partition coefficient (Wildman–Crippen LogP) is 2.81. The SMILES string of the molecule is CC(C(=O)O)N(C)Cc1cc2ccccc2s1. The van der Waals surface area contributed by atoms with Crippen molar-refractivity contribution in [1.82, 2.24) is 4.90 Å². The molecule has 0 amide bonds. The molecular weight excluding hydrogens is 234 g/mol. The minimum absolute atomic E-state index is 0.458. The highest BCUT2D eigenvalue weighted by Gasteiger charge is 2.17. The molecule has 2 rings (SSSR count). The van der Waals surface area contributed by atoms with Crippen LogP contribution in [0.3, 0.4) is 0 Å². The Morgan fingerprint density at radius 3 is 2.82 bits per heavy atom. The summed E-state index contributed by atoms with van der Waals surface area (Å²) >= 11 is 1.72. The van der Waals surface area contributed by atoms with E-state index >= 15 is 0 Å². The first-order valence-corrected chi connectivity index (χ1v) is 6.30. The average Bonchev–Trinajstić information content (AvgIpc) is 2.69. The second-order valence-electron chi connectivity index (χ2n) is 4.18. The third-order valence-electron chi connectivity index (χ3n) is 2.90. The Morgan fingerprint density at radius 1 is 1.47 bits per heavy atom. The first-order chi connectivity index (χ1) is 8.08. The van der Waals surface area contributed by atoms with Gasteiger partial charge in [-0.05, 0) is 31.5 Å². The van der Waals surface area contributed by atoms with E-state index < -0.39 is 12.0 Å². The molecule has 0 saturated carbocycles. The van der Waals surface area contributed by atoms with Crippen LogP contribution in [0.25, 0.3) is 10.1 Å². The molecule has 0 aliphatic carbocycles. The minimum Gasteiger partial charge on any atom is -0.480 e. The normalized spacial score (nSPS) is 13.1. The van der Waals surface area contributed by atoms with Gasteiger partial charge in [0.1, 0.15) is 6.04 Å². The van der Waals surface area contributed by atoms with Gasteiger partial charge in [-0.2, -0.15) is 0 Å². The van der Waals surface area contributed by atoms with Crippen LogP contribution in [-0.2, 0) is 11.3 Å². The molecule has 17 heavy (non-hydrogen) atoms. The minimum atomic E-state index is -0.784. The largest absolute Gasteiger partial charge is 0.480 e. The number of carboxylic acids is 1. The second-order valence-corrected chi connectivity index (χ2v) is 5.35. The number of carboxylic acid groups (broad SMARTS) is 1. The third-order valence-corrected chi connectivity index (χ3v) is 4.00. The van der Waals surface area contributed by atoms with Gasteiger partial charge in [-0.25, -0.2) is 0 Å². The Labute approximate surface area is 104 Å². The fourth-order valence-electron chi connectivity index (χ4n) is 1.69. The fraction of sp³-hybridized carbons (Fsp3) is 0.308. The van der Waals surface area contributed by atoms with Gasteiger partial charge in [-0.1, -0.05) is 18.2 Å². The molecule has 1 N–H and O–H groups in total. The number of likely N-dealkylation sites (N-methyl/N-ethyl adjacent to an activating group) is 1. The van der Waals surface area contributed by atoms with Crippen LogP contribution in [-0.4, -0.2) is 29.1 Å². The molecule has 90 valence electrons. The van der Waals surface area contributed by atoms with Crippen molar-refractivity contribution in [2.75, 3.05) is 7.05 Å². The molecule has 0 aliphatic heterocycles. The lowest BCUT2D eigenvalue weighted by molar-refractivity contribution is -0.142. The summed E-state index contributed by atoms with van der Waals surface area (Å²) < 4.78 is 1.25. The van der Waals surface area contributed by atoms with Crippen molar-refractivity contribution in [1.29, 1.82) is 0 Å². The zero-order valence-electron chi connectivity index (χ0n) is 9.88. The monoisotopic (exact) mass is 249 g/mol. The smallest absolute Gasteiger partial charge is 0.320 e. The molecule has 0 spiro atoms. The number of thiophene rings is 1. The van der Waals surface area contributed by atoms with Crippen molar-refractivity contribution in [3.63, 3.8) is 0 Å². The molecule has 1 heterocycles. The van der Waals surface area contributed by atoms with Gasteiger partial charge in [0, 0.05) is 16.1 Å². The highest BCUT2D eigenvalue weighted by molar-refractivity contribution is 7.19. The predicted molar refractivity (Wildman–Crippen MR) is 70.4 cm³/mol. The Bertz CT molecular complexity index is 502. The Morgan fingerprint density at radius 2 is 2.18 bits per heavy atom. The molecule has 1 aromatic heterocycles. The maximum Gasteiger partial charge on any atom is 0.320 e. The van der Waals surface area contributed by atoms with Crippen LogP contribution in [0.1, 0.15) is 11.8 Å². The summed E-state index contributed by atoms with van der Waals surface area (Å²) in [6.07, 6.45) is 0. The first-order valence-electron chi connectivity index (χ1n) is 5.48. The van der Waals surface area contributed by atoms with Crippen molar-refractivity contribution in [3.8, 4) is 0 Å². The number of rotatable bonds is 4. The van der Waals surface area contributed by atoms with E-state index in [1.165, 1.54) is 15.0 Å². The van der Waals surface area contributed by atoms with Crippen LogP contribution in [0.15, 0.2) is 30.3 Å². The number of fused-ring (bicyclic) bond motifs is 1. The van der Waals surface area contributed by atoms with E-state index in [1.807, 2.05) is 24.1 Å². The van der Waals surface area contributed by atoms with E-state index in [1.54, 1.807) is 18.3 Å². The zero-order chi connectivity index (χ0) is 12.4. The third kappa shape index (κ3) is 2.65. The number of benzene rings is 1. The van der Waals surface area contributed by atoms with Gasteiger partial charge in [-0.3, -0.25) is 9.69 Å². The van der Waals surface area contributed by atoms with Gasteiger partial charge >= 0.3 is 5.97 Å². The van der Waals surface area contributed by atoms with Gasteiger partial charge in [0.15, 0.2) is 0 Å². The molecule has 2 aromatic rings. The molecule has 1 unspecified atom stereocenters. The van der Waals surface area contributed by atoms with Gasteiger partial charge in [0.05, 0.1) is 0 Å². The van der Waals surface area contributed by atoms with Gasteiger partial charge in [-0.15, -0.1) is 11.3 Å². The van der Waals surface area contributed by atoms with Crippen molar-refractivity contribution in [3.05, 3.63) is 35.2 Å². The average molecular weight is 249 g/mol. The number of hydrogen-bond acceptors (Lipinski definition) is 3. The summed E-state index contributed by atoms with van der Waals surface area (Å²) in [5, 5.41) is 10.2. The van der Waals surface area contributed by atoms with Crippen LogP contribution in [0.5, 0.6) is 0 Å². The lowest BCUT2D eigenvalue weighted by Gasteiger charge is -2.19. The molecule has 0 saturated heterocycles. The van der Waals surface area contributed by atoms with Crippen LogP contribution in [0, 0.1) is 0 Å². The summed E-state index contributed by atoms with van der Waals surface area (Å²) in [5.74, 6) is -0.784. The quantitative estimate of drug-likeness (QED) is 0.905. The lowest BCUT2D eigenvalue weighted by atomic mass is 10.2. The van der Waals surface area contributed by atoms with Crippen LogP contribution >= 0.6 is 11.3 Å². The summed E-state index contributed by atoms with van der Waals surface area (Å²) in [7, 11) is 1.84. The summed E-state index contributed by atoms with van der Waals surface area (Å²) in [5.41, 5.74) is 0. The van der Waals surface area contributed by atoms with Crippen molar-refractivity contribution in [2.24, 2.45) is 0 Å². The molecule has 4 heteroatoms. The van der Waals surface area contributed by atoms with Crippen LogP contribution in [0.2, 0.25) is 0 Å². The van der Waals surface area contributed by atoms with Crippen molar-refractivity contribution >= 4 is 27.4 Å². The van der Waals surface area contributed by atoms with Crippen LogP contribution in [0.4, 0.5) is 0 Å². The maximum absolute atomic E-state index is 10.9. The standard InChI is InChI=1S/C13H15NO2S/c1-9(13(15)16)14(2)8-11-7-10-5-3-4-6-12(10)17-11/h3-7,9H,8H2,1-2H3,(H,15,16). The van der Waals surface area contributed by atoms with E-state index in [4.69, 9.17) is 5.11 Å². The van der Waals surface area contributed by atoms with Gasteiger partial charge < -0.3 is 5.11 Å². The van der Waals surface area contributed by atoms with E-state index in [0.717, 1.165) is 0 Å². The Balaban J connectivity index is 2.15. The van der Waals surface area contributed by atoms with E-state index in [-0.39, 0.29) is 0 Å². The molecule has 1 aromatic carbocycles. The van der Waals surface area contributed by atoms with Crippen molar-refractivity contribution in [2.45, 2.75) is 19.5 Å². The molecular formula is C13H15NO2S. The Hall–Kier alpha value is -1.39. The van der Waals surface area contributed by atoms with Crippen molar-refractivity contribution < 1.29 is 9.90 Å². The maximum atomic E-state index is 10.9. The van der Waals surface area contributed by atoms with Gasteiger partial charge in [0.25, 0.3) is 0 Å². The zero-order valence-corrected chi connectivity index (χ0v) is 10.7. The number of aliphatic carboxylic acids is 1. The molecule has 3 nitrogen and oxygen atoms in total. The highest BCUT2D eigenvalue weighted by Crippen LogP contribution is 2.26. The number of nitrogens with zero attached hydrogens (tertiary/aromatic N) is 1. The summed E-state index contributed by atoms with van der Waals surface area (Å²) in [6, 6.07) is 9.87. The highest BCUT2D eigenvalue weighted by atomic mass is 32.1. The Kier molecular flexibility index (Phi) is 3.45. The molecule has 0 aliphatic rings. The molecule has 1 atom stereocenters. The van der Waals surface area contributed by atoms with Crippen LogP contribution < -0.4 is 0 Å². The molecule has 0 bridgehead atoms. The second kappa shape index (κ2) is 4.85. The van der Waals surface area contributed by atoms with E-state index in [9.17, 15) is 4.79 Å². The fourth-order valence-corrected chi connectivity index (χ4v) is 2.81. The summed E-state index contributed by atoms with van der Waals surface area (Å²) in [6.45, 7) is 2.38. The van der Waals surface area contributed by atoms with E-state index in [2.05, 4.69) is 18.2 Å². The molecule has 0 radical (unpaired) electrons. The number of hydrogen-bond donors (Lipinski definition) is 1. The lowest BCUT2D eigenvalue weighted by Crippen LogP contribution is -2.34. The topological polar surface area (TPSA) is 40.5 Å².